The summed E-state index contributed by atoms with van der Waals surface area (Å²) in [5.41, 5.74) is 2.72. The van der Waals surface area contributed by atoms with Crippen molar-refractivity contribution in [1.82, 2.24) is 0 Å². The van der Waals surface area contributed by atoms with Crippen LogP contribution in [0.25, 0.3) is 0 Å². The Morgan fingerprint density at radius 3 is 2.63 bits per heavy atom. The number of rotatable bonds is 3. The van der Waals surface area contributed by atoms with E-state index >= 15 is 0 Å². The summed E-state index contributed by atoms with van der Waals surface area (Å²) in [7, 11) is 0. The molecule has 1 unspecified atom stereocenters. The highest BCUT2D eigenvalue weighted by molar-refractivity contribution is 9.10. The van der Waals surface area contributed by atoms with Gasteiger partial charge in [-0.2, -0.15) is 0 Å². The Hall–Kier alpha value is -1.52. The Morgan fingerprint density at radius 1 is 1.26 bits per heavy atom. The highest BCUT2D eigenvalue weighted by Gasteiger charge is 2.34. The van der Waals surface area contributed by atoms with E-state index < -0.39 is 5.60 Å². The molecule has 1 amide bonds. The number of nitrogens with zero attached hydrogens (tertiary/aromatic N) is 1. The minimum Gasteiger partial charge on any atom is -0.443 e. The number of anilines is 1. The maximum atomic E-state index is 13.0. The fraction of sp³-hybridized carbons (Fsp3) is 0.409. The second-order valence-electron chi connectivity index (χ2n) is 7.96. The third kappa shape index (κ3) is 5.05. The number of aryl methyl sites for hydroxylation is 2. The number of benzene rings is 2. The summed E-state index contributed by atoms with van der Waals surface area (Å²) < 4.78 is 6.52. The second-order valence-corrected chi connectivity index (χ2v) is 9.22. The molecule has 0 aliphatic carbocycles. The van der Waals surface area contributed by atoms with Gasteiger partial charge in [-0.15, -0.1) is 0 Å². The quantitative estimate of drug-likeness (QED) is 0.515. The molecule has 0 bridgehead atoms. The Kier molecular flexibility index (Phi) is 6.17. The second kappa shape index (κ2) is 8.24. The van der Waals surface area contributed by atoms with Crippen molar-refractivity contribution < 1.29 is 9.53 Å². The molecule has 1 aliphatic rings. The lowest BCUT2D eigenvalue weighted by molar-refractivity contribution is 0.0558. The van der Waals surface area contributed by atoms with Crippen LogP contribution in [-0.2, 0) is 17.6 Å². The zero-order chi connectivity index (χ0) is 19.6. The van der Waals surface area contributed by atoms with Crippen LogP contribution in [0.1, 0.15) is 44.7 Å². The van der Waals surface area contributed by atoms with Crippen molar-refractivity contribution in [1.29, 1.82) is 0 Å². The number of amides is 1. The number of fused-ring (bicyclic) bond motifs is 1. The molecule has 2 aromatic carbocycles. The average molecular weight is 451 g/mol. The highest BCUT2D eigenvalue weighted by Crippen LogP contribution is 2.38. The molecule has 144 valence electrons. The van der Waals surface area contributed by atoms with E-state index in [1.165, 1.54) is 5.56 Å². The van der Waals surface area contributed by atoms with E-state index in [-0.39, 0.29) is 12.1 Å². The lowest BCUT2D eigenvalue weighted by Crippen LogP contribution is -2.46. The summed E-state index contributed by atoms with van der Waals surface area (Å²) in [5, 5.41) is 0.667. The van der Waals surface area contributed by atoms with Crippen molar-refractivity contribution in [2.45, 2.75) is 58.1 Å². The molecule has 0 fully saturated rings. The van der Waals surface area contributed by atoms with Gasteiger partial charge in [-0.1, -0.05) is 41.9 Å². The first-order chi connectivity index (χ1) is 12.7. The number of hydrogen-bond acceptors (Lipinski definition) is 2. The standard InChI is InChI=1S/C22H25BrClNO2/c1-22(2,3)27-21(26)25-17(11-9-15-7-5-4-6-8-15)12-10-16-13-19(24)18(23)14-20(16)25/h4-8,13-14,17H,9-12H2,1-3H3. The topological polar surface area (TPSA) is 29.5 Å². The van der Waals surface area contributed by atoms with Gasteiger partial charge in [-0.05, 0) is 85.6 Å². The maximum absolute atomic E-state index is 13.0. The molecule has 3 rings (SSSR count). The Bertz CT molecular complexity index is 817. The van der Waals surface area contributed by atoms with Gasteiger partial charge >= 0.3 is 6.09 Å². The Balaban J connectivity index is 1.89. The molecule has 0 spiro atoms. The van der Waals surface area contributed by atoms with Gasteiger partial charge in [0, 0.05) is 10.5 Å². The minimum atomic E-state index is -0.539. The van der Waals surface area contributed by atoms with Gasteiger partial charge in [0.1, 0.15) is 5.60 Å². The third-order valence-corrected chi connectivity index (χ3v) is 5.89. The molecular formula is C22H25BrClNO2. The van der Waals surface area contributed by atoms with Crippen molar-refractivity contribution in [2.24, 2.45) is 0 Å². The predicted molar refractivity (Wildman–Crippen MR) is 115 cm³/mol. The largest absolute Gasteiger partial charge is 0.443 e. The fourth-order valence-corrected chi connectivity index (χ4v) is 3.98. The molecule has 0 radical (unpaired) electrons. The van der Waals surface area contributed by atoms with Gasteiger partial charge in [-0.25, -0.2) is 4.79 Å². The number of carbonyl (C=O) groups excluding carboxylic acids is 1. The minimum absolute atomic E-state index is 0.0978. The monoisotopic (exact) mass is 449 g/mol. The summed E-state index contributed by atoms with van der Waals surface area (Å²) >= 11 is 9.77. The molecule has 0 saturated heterocycles. The van der Waals surface area contributed by atoms with Crippen molar-refractivity contribution >= 4 is 39.3 Å². The molecule has 0 N–H and O–H groups in total. The zero-order valence-electron chi connectivity index (χ0n) is 16.0. The van der Waals surface area contributed by atoms with E-state index in [9.17, 15) is 4.79 Å². The first kappa shape index (κ1) is 20.2. The van der Waals surface area contributed by atoms with E-state index in [2.05, 4.69) is 40.2 Å². The highest BCUT2D eigenvalue weighted by atomic mass is 79.9. The number of ether oxygens (including phenoxy) is 1. The summed E-state index contributed by atoms with van der Waals surface area (Å²) in [4.78, 5) is 14.9. The van der Waals surface area contributed by atoms with Gasteiger partial charge in [0.15, 0.2) is 0 Å². The first-order valence-electron chi connectivity index (χ1n) is 9.28. The molecule has 3 nitrogen and oxygen atoms in total. The lowest BCUT2D eigenvalue weighted by Gasteiger charge is -2.38. The van der Waals surface area contributed by atoms with Crippen LogP contribution in [0, 0.1) is 0 Å². The van der Waals surface area contributed by atoms with Crippen LogP contribution in [0.2, 0.25) is 5.02 Å². The Morgan fingerprint density at radius 2 is 1.96 bits per heavy atom. The fourth-order valence-electron chi connectivity index (χ4n) is 3.46. The summed E-state index contributed by atoms with van der Waals surface area (Å²) in [6.45, 7) is 5.69. The third-order valence-electron chi connectivity index (χ3n) is 4.69. The zero-order valence-corrected chi connectivity index (χ0v) is 18.3. The number of carbonyl (C=O) groups is 1. The van der Waals surface area contributed by atoms with Crippen LogP contribution < -0.4 is 4.90 Å². The van der Waals surface area contributed by atoms with Crippen LogP contribution in [0.5, 0.6) is 0 Å². The van der Waals surface area contributed by atoms with E-state index in [0.29, 0.717) is 5.02 Å². The molecule has 1 aliphatic heterocycles. The normalized spacial score (nSPS) is 16.8. The molecule has 5 heteroatoms. The number of hydrogen-bond donors (Lipinski definition) is 0. The smallest absolute Gasteiger partial charge is 0.415 e. The van der Waals surface area contributed by atoms with Crippen LogP contribution >= 0.6 is 27.5 Å². The van der Waals surface area contributed by atoms with E-state index in [4.69, 9.17) is 16.3 Å². The van der Waals surface area contributed by atoms with Gasteiger partial charge in [0.05, 0.1) is 10.7 Å². The van der Waals surface area contributed by atoms with Crippen molar-refractivity contribution in [3.05, 3.63) is 63.1 Å². The lowest BCUT2D eigenvalue weighted by atomic mass is 9.92. The maximum Gasteiger partial charge on any atom is 0.415 e. The van der Waals surface area contributed by atoms with E-state index in [1.807, 2.05) is 43.9 Å². The van der Waals surface area contributed by atoms with E-state index in [0.717, 1.165) is 41.4 Å². The molecule has 2 aromatic rings. The van der Waals surface area contributed by atoms with Gasteiger partial charge in [-0.3, -0.25) is 4.90 Å². The SMILES string of the molecule is CC(C)(C)OC(=O)N1c2cc(Br)c(Cl)cc2CCC1CCc1ccccc1. The van der Waals surface area contributed by atoms with Crippen LogP contribution in [0.15, 0.2) is 46.9 Å². The average Bonchev–Trinajstić information content (AvgIpc) is 2.60. The summed E-state index contributed by atoms with van der Waals surface area (Å²) in [6, 6.07) is 14.4. The van der Waals surface area contributed by atoms with Gasteiger partial charge in [0.25, 0.3) is 0 Å². The van der Waals surface area contributed by atoms with E-state index in [1.54, 1.807) is 0 Å². The summed E-state index contributed by atoms with van der Waals surface area (Å²) in [5.74, 6) is 0. The van der Waals surface area contributed by atoms with Gasteiger partial charge in [0.2, 0.25) is 0 Å². The van der Waals surface area contributed by atoms with Crippen LogP contribution in [0.3, 0.4) is 0 Å². The predicted octanol–water partition coefficient (Wildman–Crippen LogP) is 6.79. The first-order valence-corrected chi connectivity index (χ1v) is 10.5. The molecule has 1 heterocycles. The van der Waals surface area contributed by atoms with Crippen LogP contribution in [-0.4, -0.2) is 17.7 Å². The summed E-state index contributed by atoms with van der Waals surface area (Å²) in [6.07, 6.45) is 3.33. The molecule has 0 aromatic heterocycles. The molecule has 1 atom stereocenters. The molecular weight excluding hydrogens is 426 g/mol. The number of halogens is 2. The molecule has 0 saturated carbocycles. The Labute approximate surface area is 174 Å². The van der Waals surface area contributed by atoms with Crippen molar-refractivity contribution in [3.63, 3.8) is 0 Å². The van der Waals surface area contributed by atoms with Crippen LogP contribution in [0.4, 0.5) is 10.5 Å². The van der Waals surface area contributed by atoms with Gasteiger partial charge < -0.3 is 4.74 Å². The molecule has 27 heavy (non-hydrogen) atoms. The van der Waals surface area contributed by atoms with Crippen molar-refractivity contribution in [2.75, 3.05) is 4.90 Å². The van der Waals surface area contributed by atoms with Crippen molar-refractivity contribution in [3.8, 4) is 0 Å².